The molecule has 0 aliphatic rings. The van der Waals surface area contributed by atoms with E-state index >= 15 is 0 Å². The number of nitrogens with zero attached hydrogens (tertiary/aromatic N) is 3. The lowest BCUT2D eigenvalue weighted by molar-refractivity contribution is 0.0696. The van der Waals surface area contributed by atoms with Gasteiger partial charge in [0.1, 0.15) is 11.4 Å². The Kier molecular flexibility index (Phi) is 3.02. The Hall–Kier alpha value is -2.00. The molecule has 0 amide bonds. The first-order valence-corrected chi connectivity index (χ1v) is 6.06. The average Bonchev–Trinajstić information content (AvgIpc) is 2.83. The van der Waals surface area contributed by atoms with Crippen LogP contribution in [0.2, 0.25) is 0 Å². The second kappa shape index (κ2) is 4.47. The normalized spacial score (nSPS) is 10.1. The zero-order valence-corrected chi connectivity index (χ0v) is 9.96. The molecule has 0 saturated carbocycles. The lowest BCUT2D eigenvalue weighted by Crippen LogP contribution is -2.21. The van der Waals surface area contributed by atoms with E-state index in [1.54, 1.807) is 10.8 Å². The monoisotopic (exact) mass is 269 g/mol. The second-order valence-electron chi connectivity index (χ2n) is 2.90. The van der Waals surface area contributed by atoms with E-state index in [-0.39, 0.29) is 11.0 Å². The Morgan fingerprint density at radius 3 is 2.47 bits per heavy atom. The largest absolute Gasteiger partial charge is 0.476 e. The van der Waals surface area contributed by atoms with Gasteiger partial charge >= 0.3 is 5.97 Å². The molecule has 0 bridgehead atoms. The van der Waals surface area contributed by atoms with Gasteiger partial charge in [-0.15, -0.1) is 22.7 Å². The number of hydrogen-bond donors (Lipinski definition) is 3. The molecule has 0 radical (unpaired) electrons. The van der Waals surface area contributed by atoms with Gasteiger partial charge in [-0.3, -0.25) is 0 Å². The molecule has 0 atom stereocenters. The number of guanidine groups is 1. The van der Waals surface area contributed by atoms with Gasteiger partial charge in [0.05, 0.1) is 0 Å². The molecule has 0 saturated heterocycles. The molecule has 0 aromatic carbocycles. The molecular weight excluding hydrogens is 262 g/mol. The lowest BCUT2D eigenvalue weighted by atomic mass is 10.4. The summed E-state index contributed by atoms with van der Waals surface area (Å²) in [6.45, 7) is 0. The minimum Gasteiger partial charge on any atom is -0.476 e. The molecule has 2 aromatic heterocycles. The average molecular weight is 269 g/mol. The molecule has 5 N–H and O–H groups in total. The first-order chi connectivity index (χ1) is 8.06. The molecule has 0 spiro atoms. The molecule has 88 valence electrons. The summed E-state index contributed by atoms with van der Waals surface area (Å²) in [5.41, 5.74) is 11.5. The quantitative estimate of drug-likeness (QED) is 0.560. The van der Waals surface area contributed by atoms with Crippen molar-refractivity contribution in [2.24, 2.45) is 16.5 Å². The van der Waals surface area contributed by atoms with Crippen LogP contribution in [0.15, 0.2) is 15.8 Å². The van der Waals surface area contributed by atoms with Gasteiger partial charge in [0.15, 0.2) is 5.96 Å². The van der Waals surface area contributed by atoms with Crippen molar-refractivity contribution in [1.29, 1.82) is 0 Å². The van der Waals surface area contributed by atoms with E-state index in [1.807, 2.05) is 0 Å². The van der Waals surface area contributed by atoms with Crippen LogP contribution in [0, 0.1) is 0 Å². The van der Waals surface area contributed by atoms with Crippen LogP contribution in [-0.4, -0.2) is 27.0 Å². The van der Waals surface area contributed by atoms with Crippen molar-refractivity contribution in [2.45, 2.75) is 0 Å². The summed E-state index contributed by atoms with van der Waals surface area (Å²) in [6.07, 6.45) is 0. The fraction of sp³-hybridized carbons (Fsp3) is 0. The van der Waals surface area contributed by atoms with E-state index in [9.17, 15) is 4.79 Å². The van der Waals surface area contributed by atoms with Gasteiger partial charge in [0.25, 0.3) is 0 Å². The number of hydrogen-bond acceptors (Lipinski definition) is 6. The summed E-state index contributed by atoms with van der Waals surface area (Å²) < 4.78 is 0. The highest BCUT2D eigenvalue weighted by molar-refractivity contribution is 7.14. The van der Waals surface area contributed by atoms with Crippen molar-refractivity contribution < 1.29 is 9.90 Å². The minimum atomic E-state index is -1.05. The van der Waals surface area contributed by atoms with Crippen molar-refractivity contribution in [3.63, 3.8) is 0 Å². The second-order valence-corrected chi connectivity index (χ2v) is 4.59. The number of aromatic nitrogens is 2. The van der Waals surface area contributed by atoms with E-state index in [4.69, 9.17) is 16.6 Å². The summed E-state index contributed by atoms with van der Waals surface area (Å²) in [4.78, 5) is 22.5. The van der Waals surface area contributed by atoms with E-state index in [0.29, 0.717) is 16.5 Å². The molecule has 17 heavy (non-hydrogen) atoms. The van der Waals surface area contributed by atoms with Crippen molar-refractivity contribution in [1.82, 2.24) is 9.97 Å². The predicted octanol–water partition coefficient (Wildman–Crippen LogP) is 0.870. The molecule has 0 unspecified atom stereocenters. The SMILES string of the molecule is NC(N)=Nc1nc(-c2csc(C(=O)O)n2)cs1. The Balaban J connectivity index is 2.30. The molecular formula is C8H7N5O2S2. The Bertz CT molecular complexity index is 584. The summed E-state index contributed by atoms with van der Waals surface area (Å²) in [7, 11) is 0. The fourth-order valence-electron chi connectivity index (χ4n) is 1.03. The molecule has 0 fully saturated rings. The Morgan fingerprint density at radius 2 is 1.88 bits per heavy atom. The van der Waals surface area contributed by atoms with E-state index < -0.39 is 5.97 Å². The third kappa shape index (κ3) is 2.57. The van der Waals surface area contributed by atoms with E-state index in [0.717, 1.165) is 11.3 Å². The summed E-state index contributed by atoms with van der Waals surface area (Å²) in [6, 6.07) is 0. The highest BCUT2D eigenvalue weighted by Crippen LogP contribution is 2.27. The summed E-state index contributed by atoms with van der Waals surface area (Å²) >= 11 is 2.29. The zero-order chi connectivity index (χ0) is 12.4. The van der Waals surface area contributed by atoms with Crippen molar-refractivity contribution >= 4 is 39.7 Å². The number of aromatic carboxylic acids is 1. The molecule has 0 aliphatic carbocycles. The smallest absolute Gasteiger partial charge is 0.365 e. The van der Waals surface area contributed by atoms with Crippen LogP contribution < -0.4 is 11.5 Å². The van der Waals surface area contributed by atoms with Gasteiger partial charge in [-0.1, -0.05) is 0 Å². The molecule has 0 aliphatic heterocycles. The van der Waals surface area contributed by atoms with Crippen LogP contribution in [0.3, 0.4) is 0 Å². The van der Waals surface area contributed by atoms with Gasteiger partial charge in [-0.25, -0.2) is 14.8 Å². The zero-order valence-electron chi connectivity index (χ0n) is 8.32. The maximum absolute atomic E-state index is 10.7. The number of carboxylic acids is 1. The van der Waals surface area contributed by atoms with Crippen molar-refractivity contribution in [2.75, 3.05) is 0 Å². The van der Waals surface area contributed by atoms with Crippen molar-refractivity contribution in [3.05, 3.63) is 15.8 Å². The van der Waals surface area contributed by atoms with E-state index in [1.165, 1.54) is 11.3 Å². The highest BCUT2D eigenvalue weighted by Gasteiger charge is 2.12. The van der Waals surface area contributed by atoms with E-state index in [2.05, 4.69) is 15.0 Å². The standard InChI is InChI=1S/C8H7N5O2S2/c9-7(10)13-8-12-4(2-17-8)3-1-16-5(11-3)6(14)15/h1-2H,(H,14,15)(H4,9,10,12,13). The first kappa shape index (κ1) is 11.5. The van der Waals surface area contributed by atoms with Gasteiger partial charge in [-0.2, -0.15) is 4.99 Å². The number of nitrogens with two attached hydrogens (primary N) is 2. The maximum Gasteiger partial charge on any atom is 0.365 e. The molecule has 7 nitrogen and oxygen atoms in total. The topological polar surface area (TPSA) is 127 Å². The summed E-state index contributed by atoms with van der Waals surface area (Å²) in [5.74, 6) is -1.13. The number of rotatable bonds is 3. The van der Waals surface area contributed by atoms with Crippen LogP contribution in [0.5, 0.6) is 0 Å². The third-order valence-electron chi connectivity index (χ3n) is 1.67. The van der Waals surface area contributed by atoms with Gasteiger partial charge in [0.2, 0.25) is 10.1 Å². The van der Waals surface area contributed by atoms with Gasteiger partial charge < -0.3 is 16.6 Å². The van der Waals surface area contributed by atoms with Crippen LogP contribution in [0.4, 0.5) is 5.13 Å². The minimum absolute atomic E-state index is 0.0244. The molecule has 9 heteroatoms. The van der Waals surface area contributed by atoms with Crippen LogP contribution >= 0.6 is 22.7 Å². The van der Waals surface area contributed by atoms with Crippen molar-refractivity contribution in [3.8, 4) is 11.4 Å². The Morgan fingerprint density at radius 1 is 1.24 bits per heavy atom. The molecule has 2 rings (SSSR count). The lowest BCUT2D eigenvalue weighted by Gasteiger charge is -1.88. The van der Waals surface area contributed by atoms with Gasteiger partial charge in [0, 0.05) is 10.8 Å². The molecule has 2 heterocycles. The summed E-state index contributed by atoms with van der Waals surface area (Å²) in [5, 5.41) is 12.5. The first-order valence-electron chi connectivity index (χ1n) is 4.30. The predicted molar refractivity (Wildman–Crippen MR) is 65.7 cm³/mol. The number of carbonyl (C=O) groups is 1. The van der Waals surface area contributed by atoms with Gasteiger partial charge in [-0.05, 0) is 0 Å². The van der Waals surface area contributed by atoms with Crippen LogP contribution in [0.25, 0.3) is 11.4 Å². The molecule has 2 aromatic rings. The number of thiazole rings is 2. The highest BCUT2D eigenvalue weighted by atomic mass is 32.1. The van der Waals surface area contributed by atoms with Crippen LogP contribution in [-0.2, 0) is 0 Å². The number of aliphatic imine (C=N–C) groups is 1. The Labute approximate surface area is 103 Å². The maximum atomic E-state index is 10.7. The number of carboxylic acid groups (broad SMARTS) is 1. The van der Waals surface area contributed by atoms with Crippen LogP contribution in [0.1, 0.15) is 9.80 Å². The fourth-order valence-corrected chi connectivity index (χ4v) is 2.38. The third-order valence-corrected chi connectivity index (χ3v) is 3.23.